The molecule has 2 aromatic carbocycles. The van der Waals surface area contributed by atoms with Crippen molar-refractivity contribution in [1.82, 2.24) is 10.2 Å². The Bertz CT molecular complexity index is 805. The molecule has 0 atom stereocenters. The van der Waals surface area contributed by atoms with Gasteiger partial charge in [0.2, 0.25) is 5.91 Å². The van der Waals surface area contributed by atoms with Crippen molar-refractivity contribution in [3.63, 3.8) is 0 Å². The Morgan fingerprint density at radius 2 is 1.86 bits per heavy atom. The van der Waals surface area contributed by atoms with Crippen LogP contribution in [0.15, 0.2) is 48.5 Å². The number of benzene rings is 2. The van der Waals surface area contributed by atoms with Gasteiger partial charge in [-0.25, -0.2) is 4.39 Å². The molecule has 0 aliphatic carbocycles. The number of hydrogen-bond donors (Lipinski definition) is 2. The third kappa shape index (κ3) is 6.17. The van der Waals surface area contributed by atoms with E-state index >= 15 is 0 Å². The van der Waals surface area contributed by atoms with Crippen LogP contribution in [-0.2, 0) is 11.3 Å². The van der Waals surface area contributed by atoms with E-state index in [1.807, 2.05) is 29.2 Å². The molecule has 29 heavy (non-hydrogen) atoms. The summed E-state index contributed by atoms with van der Waals surface area (Å²) in [6.45, 7) is 1.92. The first-order valence-corrected chi connectivity index (χ1v) is 9.69. The molecule has 1 saturated heterocycles. The van der Waals surface area contributed by atoms with E-state index in [0.717, 1.165) is 11.3 Å². The van der Waals surface area contributed by atoms with E-state index in [2.05, 4.69) is 5.32 Å². The van der Waals surface area contributed by atoms with Crippen molar-refractivity contribution in [3.8, 4) is 11.5 Å². The molecule has 0 radical (unpaired) electrons. The molecule has 0 saturated carbocycles. The van der Waals surface area contributed by atoms with Crippen molar-refractivity contribution in [2.75, 3.05) is 33.4 Å². The number of para-hydroxylation sites is 1. The summed E-state index contributed by atoms with van der Waals surface area (Å²) in [5.74, 6) is 0.414. The van der Waals surface area contributed by atoms with Gasteiger partial charge < -0.3 is 19.9 Å². The largest absolute Gasteiger partial charge is 0.497 e. The molecule has 2 N–H and O–H groups in total. The van der Waals surface area contributed by atoms with Gasteiger partial charge in [0.15, 0.2) is 11.6 Å². The minimum Gasteiger partial charge on any atom is -0.497 e. The standard InChI is InChI=1S/C22H27FN2O4/c1-28-18-8-6-17(7-9-18)14-24-21(26)15-25-12-10-22(27,11-13-25)16-29-20-5-3-2-4-19(20)23/h2-9,27H,10-16H2,1H3,(H,24,26). The number of ether oxygens (including phenoxy) is 2. The topological polar surface area (TPSA) is 71.0 Å². The quantitative estimate of drug-likeness (QED) is 0.709. The van der Waals surface area contributed by atoms with Crippen LogP contribution in [0.4, 0.5) is 4.39 Å². The molecule has 2 aromatic rings. The minimum absolute atomic E-state index is 0.0332. The summed E-state index contributed by atoms with van der Waals surface area (Å²) in [4.78, 5) is 14.2. The van der Waals surface area contributed by atoms with Gasteiger partial charge in [0.1, 0.15) is 18.0 Å². The fourth-order valence-corrected chi connectivity index (χ4v) is 3.25. The van der Waals surface area contributed by atoms with Crippen LogP contribution >= 0.6 is 0 Å². The van der Waals surface area contributed by atoms with Gasteiger partial charge in [-0.15, -0.1) is 0 Å². The van der Waals surface area contributed by atoms with Crippen LogP contribution in [0.2, 0.25) is 0 Å². The van der Waals surface area contributed by atoms with Crippen molar-refractivity contribution in [2.24, 2.45) is 0 Å². The van der Waals surface area contributed by atoms with Gasteiger partial charge >= 0.3 is 0 Å². The molecule has 1 heterocycles. The molecular weight excluding hydrogens is 375 g/mol. The minimum atomic E-state index is -1.02. The highest BCUT2D eigenvalue weighted by Crippen LogP contribution is 2.24. The van der Waals surface area contributed by atoms with Crippen LogP contribution in [-0.4, -0.2) is 54.9 Å². The average Bonchev–Trinajstić information content (AvgIpc) is 2.74. The Labute approximate surface area is 170 Å². The van der Waals surface area contributed by atoms with Crippen molar-refractivity contribution in [1.29, 1.82) is 0 Å². The number of nitrogens with zero attached hydrogens (tertiary/aromatic N) is 1. The lowest BCUT2D eigenvalue weighted by Crippen LogP contribution is -2.50. The van der Waals surface area contributed by atoms with E-state index in [1.165, 1.54) is 6.07 Å². The third-order valence-corrected chi connectivity index (χ3v) is 5.14. The van der Waals surface area contributed by atoms with Gasteiger partial charge in [-0.1, -0.05) is 24.3 Å². The van der Waals surface area contributed by atoms with Crippen LogP contribution < -0.4 is 14.8 Å². The van der Waals surface area contributed by atoms with Crippen molar-refractivity contribution >= 4 is 5.91 Å². The number of amides is 1. The van der Waals surface area contributed by atoms with E-state index in [-0.39, 0.29) is 24.8 Å². The highest BCUT2D eigenvalue weighted by molar-refractivity contribution is 5.78. The van der Waals surface area contributed by atoms with E-state index in [9.17, 15) is 14.3 Å². The van der Waals surface area contributed by atoms with Crippen LogP contribution in [0.25, 0.3) is 0 Å². The fraction of sp³-hybridized carbons (Fsp3) is 0.409. The summed E-state index contributed by atoms with van der Waals surface area (Å²) >= 11 is 0. The average molecular weight is 402 g/mol. The number of rotatable bonds is 8. The highest BCUT2D eigenvalue weighted by Gasteiger charge is 2.33. The molecule has 1 aliphatic heterocycles. The van der Waals surface area contributed by atoms with Gasteiger partial charge in [-0.05, 0) is 42.7 Å². The maximum atomic E-state index is 13.6. The van der Waals surface area contributed by atoms with E-state index in [1.54, 1.807) is 25.3 Å². The number of likely N-dealkylation sites (tertiary alicyclic amines) is 1. The van der Waals surface area contributed by atoms with E-state index < -0.39 is 11.4 Å². The van der Waals surface area contributed by atoms with Crippen molar-refractivity contribution in [3.05, 3.63) is 59.9 Å². The normalized spacial score (nSPS) is 16.2. The molecule has 156 valence electrons. The Morgan fingerprint density at radius 1 is 1.17 bits per heavy atom. The summed E-state index contributed by atoms with van der Waals surface area (Å²) in [5, 5.41) is 13.6. The molecule has 6 nitrogen and oxygen atoms in total. The molecule has 0 spiro atoms. The van der Waals surface area contributed by atoms with Crippen LogP contribution in [0.3, 0.4) is 0 Å². The van der Waals surface area contributed by atoms with Crippen molar-refractivity contribution in [2.45, 2.75) is 25.0 Å². The molecular formula is C22H27FN2O4. The van der Waals surface area contributed by atoms with Gasteiger partial charge in [0.05, 0.1) is 13.7 Å². The monoisotopic (exact) mass is 402 g/mol. The number of carbonyl (C=O) groups is 1. The zero-order valence-corrected chi connectivity index (χ0v) is 16.6. The van der Waals surface area contributed by atoms with E-state index in [4.69, 9.17) is 9.47 Å². The Kier molecular flexibility index (Phi) is 7.06. The molecule has 1 fully saturated rings. The molecule has 0 unspecified atom stereocenters. The third-order valence-electron chi connectivity index (χ3n) is 5.14. The summed E-state index contributed by atoms with van der Waals surface area (Å²) in [5.41, 5.74) is -0.0179. The fourth-order valence-electron chi connectivity index (χ4n) is 3.25. The molecule has 0 bridgehead atoms. The highest BCUT2D eigenvalue weighted by atomic mass is 19.1. The Balaban J connectivity index is 1.39. The first-order valence-electron chi connectivity index (χ1n) is 9.69. The number of piperidine rings is 1. The Hall–Kier alpha value is -2.64. The predicted octanol–water partition coefficient (Wildman–Crippen LogP) is 2.36. The number of methoxy groups -OCH3 is 1. The predicted molar refractivity (Wildman–Crippen MR) is 107 cm³/mol. The first-order chi connectivity index (χ1) is 14.0. The number of halogens is 1. The van der Waals surface area contributed by atoms with Gasteiger partial charge in [0, 0.05) is 19.6 Å². The molecule has 7 heteroatoms. The van der Waals surface area contributed by atoms with Gasteiger partial charge in [-0.3, -0.25) is 9.69 Å². The smallest absolute Gasteiger partial charge is 0.234 e. The summed E-state index contributed by atoms with van der Waals surface area (Å²) in [7, 11) is 1.61. The zero-order valence-electron chi connectivity index (χ0n) is 16.6. The lowest BCUT2D eigenvalue weighted by Gasteiger charge is -2.37. The summed E-state index contributed by atoms with van der Waals surface area (Å²) < 4.78 is 24.2. The van der Waals surface area contributed by atoms with Gasteiger partial charge in [-0.2, -0.15) is 0 Å². The molecule has 3 rings (SSSR count). The molecule has 1 amide bonds. The lowest BCUT2D eigenvalue weighted by molar-refractivity contribution is -0.124. The first kappa shape index (κ1) is 21.1. The second-order valence-electron chi connectivity index (χ2n) is 7.34. The summed E-state index contributed by atoms with van der Waals surface area (Å²) in [6.07, 6.45) is 0.931. The maximum Gasteiger partial charge on any atom is 0.234 e. The van der Waals surface area contributed by atoms with Crippen LogP contribution in [0, 0.1) is 5.82 Å². The Morgan fingerprint density at radius 3 is 2.52 bits per heavy atom. The number of carbonyl (C=O) groups excluding carboxylic acids is 1. The van der Waals surface area contributed by atoms with Gasteiger partial charge in [0.25, 0.3) is 0 Å². The summed E-state index contributed by atoms with van der Waals surface area (Å²) in [6, 6.07) is 13.7. The number of hydrogen-bond acceptors (Lipinski definition) is 5. The second kappa shape index (κ2) is 9.71. The SMILES string of the molecule is COc1ccc(CNC(=O)CN2CCC(O)(COc3ccccc3F)CC2)cc1. The second-order valence-corrected chi connectivity index (χ2v) is 7.34. The van der Waals surface area contributed by atoms with E-state index in [0.29, 0.717) is 32.5 Å². The van der Waals surface area contributed by atoms with Crippen LogP contribution in [0.5, 0.6) is 11.5 Å². The van der Waals surface area contributed by atoms with Crippen molar-refractivity contribution < 1.29 is 23.8 Å². The maximum absolute atomic E-state index is 13.6. The number of aliphatic hydroxyl groups is 1. The molecule has 1 aliphatic rings. The molecule has 0 aromatic heterocycles. The van der Waals surface area contributed by atoms with Crippen LogP contribution in [0.1, 0.15) is 18.4 Å². The lowest BCUT2D eigenvalue weighted by atomic mass is 9.92. The number of nitrogens with one attached hydrogen (secondary N) is 1. The zero-order chi connectivity index (χ0) is 20.7.